The molecule has 0 fully saturated rings. The van der Waals surface area contributed by atoms with E-state index in [1.54, 1.807) is 10.9 Å². The van der Waals surface area contributed by atoms with Crippen LogP contribution < -0.4 is 5.73 Å². The van der Waals surface area contributed by atoms with Crippen molar-refractivity contribution in [2.24, 2.45) is 12.8 Å². The monoisotopic (exact) mass is 336 g/mol. The Morgan fingerprint density at radius 3 is 2.87 bits per heavy atom. The van der Waals surface area contributed by atoms with E-state index in [0.29, 0.717) is 23.6 Å². The van der Waals surface area contributed by atoms with Gasteiger partial charge in [-0.05, 0) is 18.2 Å². The number of aromatic nitrogens is 3. The number of halogens is 2. The average molecular weight is 336 g/mol. The molecule has 0 saturated carbocycles. The Hall–Kier alpha value is -2.19. The lowest BCUT2D eigenvalue weighted by molar-refractivity contribution is 0.507. The molecule has 0 aliphatic heterocycles. The molecule has 1 aromatic carbocycles. The van der Waals surface area contributed by atoms with Gasteiger partial charge in [-0.2, -0.15) is 5.10 Å². The molecule has 2 aromatic heterocycles. The largest absolute Gasteiger partial charge is 0.444 e. The third-order valence-electron chi connectivity index (χ3n) is 3.31. The molecule has 8 heteroatoms. The summed E-state index contributed by atoms with van der Waals surface area (Å²) in [5, 5.41) is 4.17. The summed E-state index contributed by atoms with van der Waals surface area (Å²) >= 11 is 1.54. The lowest BCUT2D eigenvalue weighted by Crippen LogP contribution is -2.05. The first-order chi connectivity index (χ1) is 11.1. The number of hydrogen-bond acceptors (Lipinski definition) is 5. The van der Waals surface area contributed by atoms with Gasteiger partial charge in [-0.3, -0.25) is 4.68 Å². The predicted octanol–water partition coefficient (Wildman–Crippen LogP) is 3.10. The van der Waals surface area contributed by atoms with Crippen LogP contribution in [0.4, 0.5) is 8.78 Å². The number of rotatable bonds is 5. The minimum atomic E-state index is -0.931. The summed E-state index contributed by atoms with van der Waals surface area (Å²) in [5.74, 6) is -1.02. The second kappa shape index (κ2) is 6.51. The average Bonchev–Trinajstić information content (AvgIpc) is 3.14. The summed E-state index contributed by atoms with van der Waals surface area (Å²) in [6.07, 6.45) is 3.26. The van der Waals surface area contributed by atoms with Gasteiger partial charge < -0.3 is 10.2 Å². The fourth-order valence-corrected chi connectivity index (χ4v) is 3.02. The second-order valence-corrected chi connectivity index (χ2v) is 5.86. The van der Waals surface area contributed by atoms with Crippen LogP contribution in [0.25, 0.3) is 11.5 Å². The minimum absolute atomic E-state index is 0.254. The number of nitrogens with zero attached hydrogens (tertiary/aromatic N) is 3. The van der Waals surface area contributed by atoms with Gasteiger partial charge in [0.15, 0.2) is 11.6 Å². The first-order valence-electron chi connectivity index (χ1n) is 6.82. The van der Waals surface area contributed by atoms with Crippen molar-refractivity contribution in [3.63, 3.8) is 0 Å². The molecule has 5 nitrogen and oxygen atoms in total. The lowest BCUT2D eigenvalue weighted by Gasteiger charge is -2.01. The van der Waals surface area contributed by atoms with E-state index < -0.39 is 11.6 Å². The molecule has 0 aliphatic rings. The minimum Gasteiger partial charge on any atom is -0.444 e. The van der Waals surface area contributed by atoms with Crippen molar-refractivity contribution in [1.82, 2.24) is 14.8 Å². The molecular formula is C15H14F2N4OS. The maximum Gasteiger partial charge on any atom is 0.226 e. The molecule has 0 amide bonds. The van der Waals surface area contributed by atoms with Gasteiger partial charge in [0.25, 0.3) is 0 Å². The molecule has 0 aliphatic carbocycles. The molecule has 120 valence electrons. The molecule has 3 rings (SSSR count). The Morgan fingerprint density at radius 1 is 1.30 bits per heavy atom. The van der Waals surface area contributed by atoms with Crippen LogP contribution in [0.3, 0.4) is 0 Å². The predicted molar refractivity (Wildman–Crippen MR) is 82.5 cm³/mol. The van der Waals surface area contributed by atoms with Gasteiger partial charge in [0.1, 0.15) is 6.26 Å². The molecule has 2 heterocycles. The van der Waals surface area contributed by atoms with E-state index in [4.69, 9.17) is 10.2 Å². The van der Waals surface area contributed by atoms with Crippen molar-refractivity contribution in [2.45, 2.75) is 17.2 Å². The molecule has 0 bridgehead atoms. The Labute approximate surface area is 135 Å². The highest BCUT2D eigenvalue weighted by atomic mass is 32.2. The smallest absolute Gasteiger partial charge is 0.226 e. The van der Waals surface area contributed by atoms with E-state index in [-0.39, 0.29) is 5.89 Å². The number of nitrogens with two attached hydrogens (primary N) is 1. The van der Waals surface area contributed by atoms with E-state index >= 15 is 0 Å². The molecule has 3 aromatic rings. The highest BCUT2D eigenvalue weighted by Crippen LogP contribution is 2.27. The Morgan fingerprint density at radius 2 is 2.13 bits per heavy atom. The number of thioether (sulfide) groups is 1. The van der Waals surface area contributed by atoms with Gasteiger partial charge in [-0.1, -0.05) is 0 Å². The van der Waals surface area contributed by atoms with Crippen molar-refractivity contribution in [3.8, 4) is 11.5 Å². The van der Waals surface area contributed by atoms with E-state index in [1.165, 1.54) is 24.1 Å². The third-order valence-corrected chi connectivity index (χ3v) is 4.40. The number of aryl methyl sites for hydroxylation is 1. The lowest BCUT2D eigenvalue weighted by atomic mass is 10.2. The first kappa shape index (κ1) is 15.7. The normalized spacial score (nSPS) is 11.1. The molecular weight excluding hydrogens is 322 g/mol. The maximum absolute atomic E-state index is 13.3. The van der Waals surface area contributed by atoms with Crippen LogP contribution in [-0.4, -0.2) is 14.8 Å². The summed E-state index contributed by atoms with van der Waals surface area (Å²) < 4.78 is 33.3. The fraction of sp³-hybridized carbons (Fsp3) is 0.200. The van der Waals surface area contributed by atoms with Crippen LogP contribution in [0, 0.1) is 11.6 Å². The van der Waals surface area contributed by atoms with Crippen LogP contribution in [-0.2, 0) is 19.3 Å². The zero-order valence-electron chi connectivity index (χ0n) is 12.3. The van der Waals surface area contributed by atoms with Crippen LogP contribution in [0.15, 0.2) is 40.0 Å². The van der Waals surface area contributed by atoms with Crippen molar-refractivity contribution in [2.75, 3.05) is 0 Å². The van der Waals surface area contributed by atoms with Crippen molar-refractivity contribution >= 4 is 11.8 Å². The van der Waals surface area contributed by atoms with E-state index in [9.17, 15) is 8.78 Å². The van der Waals surface area contributed by atoms with Crippen molar-refractivity contribution < 1.29 is 13.2 Å². The van der Waals surface area contributed by atoms with Crippen molar-refractivity contribution in [3.05, 3.63) is 53.7 Å². The maximum atomic E-state index is 13.3. The Kier molecular flexibility index (Phi) is 4.44. The molecule has 0 spiro atoms. The summed E-state index contributed by atoms with van der Waals surface area (Å²) in [5.41, 5.74) is 7.73. The van der Waals surface area contributed by atoms with Gasteiger partial charge in [-0.25, -0.2) is 13.8 Å². The fourth-order valence-electron chi connectivity index (χ4n) is 2.08. The quantitative estimate of drug-likeness (QED) is 0.725. The summed E-state index contributed by atoms with van der Waals surface area (Å²) in [7, 11) is 1.84. The SMILES string of the molecule is Cn1ncc(SCc2coc(-c3ccc(F)c(F)c3)n2)c1CN. The highest BCUT2D eigenvalue weighted by molar-refractivity contribution is 7.98. The Balaban J connectivity index is 1.73. The topological polar surface area (TPSA) is 69.9 Å². The van der Waals surface area contributed by atoms with Crippen LogP contribution in [0.2, 0.25) is 0 Å². The molecule has 0 radical (unpaired) electrons. The third kappa shape index (κ3) is 3.27. The first-order valence-corrected chi connectivity index (χ1v) is 7.80. The molecule has 0 unspecified atom stereocenters. The van der Waals surface area contributed by atoms with Gasteiger partial charge in [0.05, 0.1) is 22.5 Å². The van der Waals surface area contributed by atoms with Gasteiger partial charge in [0, 0.05) is 24.9 Å². The van der Waals surface area contributed by atoms with Crippen LogP contribution >= 0.6 is 11.8 Å². The number of oxazole rings is 1. The Bertz CT molecular complexity index is 831. The highest BCUT2D eigenvalue weighted by Gasteiger charge is 2.12. The molecule has 2 N–H and O–H groups in total. The molecule has 0 atom stereocenters. The van der Waals surface area contributed by atoms with Crippen molar-refractivity contribution in [1.29, 1.82) is 0 Å². The van der Waals surface area contributed by atoms with Crippen LogP contribution in [0.5, 0.6) is 0 Å². The van der Waals surface area contributed by atoms with E-state index in [2.05, 4.69) is 10.1 Å². The zero-order valence-corrected chi connectivity index (χ0v) is 13.1. The van der Waals surface area contributed by atoms with E-state index in [1.807, 2.05) is 7.05 Å². The number of benzene rings is 1. The van der Waals surface area contributed by atoms with Gasteiger partial charge in [-0.15, -0.1) is 11.8 Å². The second-order valence-electron chi connectivity index (χ2n) is 4.84. The zero-order chi connectivity index (χ0) is 16.4. The van der Waals surface area contributed by atoms with E-state index in [0.717, 1.165) is 22.7 Å². The molecule has 23 heavy (non-hydrogen) atoms. The molecule has 0 saturated heterocycles. The standard InChI is InChI=1S/C15H14F2N4OS/c1-21-13(5-18)14(6-19-21)23-8-10-7-22-15(20-10)9-2-3-11(16)12(17)4-9/h2-4,6-7H,5,8,18H2,1H3. The summed E-state index contributed by atoms with van der Waals surface area (Å²) in [4.78, 5) is 5.27. The number of hydrogen-bond donors (Lipinski definition) is 1. The summed E-state index contributed by atoms with van der Waals surface area (Å²) in [6.45, 7) is 0.401. The summed E-state index contributed by atoms with van der Waals surface area (Å²) in [6, 6.07) is 3.53. The van der Waals surface area contributed by atoms with Crippen LogP contribution in [0.1, 0.15) is 11.4 Å². The van der Waals surface area contributed by atoms with Gasteiger partial charge >= 0.3 is 0 Å². The van der Waals surface area contributed by atoms with Gasteiger partial charge in [0.2, 0.25) is 5.89 Å².